The molecule has 0 bridgehead atoms. The Bertz CT molecular complexity index is 1210. The molecule has 2 rings (SSSR count). The monoisotopic (exact) mass is 700 g/mol. The van der Waals surface area contributed by atoms with Gasteiger partial charge in [-0.25, -0.2) is 0 Å². The van der Waals surface area contributed by atoms with Crippen molar-refractivity contribution in [3.63, 3.8) is 0 Å². The molecule has 0 radical (unpaired) electrons. The van der Waals surface area contributed by atoms with E-state index in [0.717, 1.165) is 10.4 Å². The average Bonchev–Trinajstić information content (AvgIpc) is 2.81. The summed E-state index contributed by atoms with van der Waals surface area (Å²) in [6.45, 7) is 19.4. The summed E-state index contributed by atoms with van der Waals surface area (Å²) in [5.41, 5.74) is 0. The first kappa shape index (κ1) is 37.2. The second-order valence-corrected chi connectivity index (χ2v) is 30.8. The van der Waals surface area contributed by atoms with E-state index in [1.54, 1.807) is 24.3 Å². The van der Waals surface area contributed by atoms with E-state index in [1.807, 2.05) is 65.5 Å². The van der Waals surface area contributed by atoms with Gasteiger partial charge in [0.25, 0.3) is 0 Å². The lowest BCUT2D eigenvalue weighted by Gasteiger charge is -2.42. The SMILES string of the molecule is C[Si](C)(O[Si](C)(C)O[Si](C)(C)c1ccc(OC(F)=C(F)F)cc1)O[Si](C)(C)O[Si](C)(C)c1ccc(OC(F)=C(F)F)cc1. The fraction of sp³-hybridized carbons (Fsp3) is 0.385. The Morgan fingerprint density at radius 2 is 0.674 bits per heavy atom. The minimum atomic E-state index is -2.81. The molecule has 17 heteroatoms. The molecule has 0 saturated carbocycles. The standard InChI is InChI=1S/C26H38F6O6Si5/c1-39(2,21-15-11-19(12-16-21)33-25(31)23(27)28)35-41(5,6)37-43(9,10)38-42(7,8)36-40(3,4)22-17-13-20(14-18-22)34-26(32)24(29)30/h11-18H,1-10H3. The maximum Gasteiger partial charge on any atom is 0.344 e. The molecule has 43 heavy (non-hydrogen) atoms. The smallest absolute Gasteiger partial charge is 0.344 e. The highest BCUT2D eigenvalue weighted by atomic mass is 28.5. The van der Waals surface area contributed by atoms with Crippen molar-refractivity contribution in [2.24, 2.45) is 0 Å². The second kappa shape index (κ2) is 14.0. The maximum atomic E-state index is 13.1. The normalized spacial score (nSPS) is 13.0. The first-order chi connectivity index (χ1) is 19.4. The predicted octanol–water partition coefficient (Wildman–Crippen LogP) is 8.21. The zero-order chi connectivity index (χ0) is 33.0. The molecule has 0 heterocycles. The van der Waals surface area contributed by atoms with Gasteiger partial charge in [-0.1, -0.05) is 24.3 Å². The Morgan fingerprint density at radius 3 is 0.930 bits per heavy atom. The molecule has 2 aromatic rings. The van der Waals surface area contributed by atoms with E-state index in [2.05, 4.69) is 9.47 Å². The van der Waals surface area contributed by atoms with Crippen LogP contribution in [0.2, 0.25) is 65.5 Å². The highest BCUT2D eigenvalue weighted by Crippen LogP contribution is 2.27. The van der Waals surface area contributed by atoms with E-state index in [4.69, 9.17) is 16.5 Å². The van der Waals surface area contributed by atoms with Gasteiger partial charge in [-0.05, 0) is 100 Å². The molecule has 2 aromatic carbocycles. The molecule has 0 aliphatic rings. The first-order valence-electron chi connectivity index (χ1n) is 13.2. The van der Waals surface area contributed by atoms with Crippen molar-refractivity contribution in [1.29, 1.82) is 0 Å². The van der Waals surface area contributed by atoms with Crippen molar-refractivity contribution >= 4 is 52.7 Å². The van der Waals surface area contributed by atoms with Crippen molar-refractivity contribution in [3.8, 4) is 11.5 Å². The van der Waals surface area contributed by atoms with Crippen LogP contribution in [-0.4, -0.2) is 42.3 Å². The third-order valence-electron chi connectivity index (χ3n) is 5.80. The minimum Gasteiger partial charge on any atom is -0.433 e. The van der Waals surface area contributed by atoms with Gasteiger partial charge in [-0.3, -0.25) is 0 Å². The van der Waals surface area contributed by atoms with Crippen molar-refractivity contribution < 1.29 is 52.3 Å². The lowest BCUT2D eigenvalue weighted by molar-refractivity contribution is 0.241. The van der Waals surface area contributed by atoms with Crippen molar-refractivity contribution in [3.05, 3.63) is 72.7 Å². The molecule has 0 saturated heterocycles. The Hall–Kier alpha value is -1.98. The Balaban J connectivity index is 2.09. The van der Waals surface area contributed by atoms with Crippen LogP contribution < -0.4 is 19.8 Å². The number of hydrogen-bond donors (Lipinski definition) is 0. The summed E-state index contributed by atoms with van der Waals surface area (Å²) < 4.78 is 111. The summed E-state index contributed by atoms with van der Waals surface area (Å²) in [7, 11) is -13.5. The van der Waals surface area contributed by atoms with Crippen LogP contribution in [0, 0.1) is 0 Å². The largest absolute Gasteiger partial charge is 0.433 e. The second-order valence-electron chi connectivity index (χ2n) is 11.9. The zero-order valence-corrected chi connectivity index (χ0v) is 30.8. The van der Waals surface area contributed by atoms with Gasteiger partial charge < -0.3 is 25.9 Å². The summed E-state index contributed by atoms with van der Waals surface area (Å²) in [5.74, 6) is -0.121. The van der Waals surface area contributed by atoms with Gasteiger partial charge >= 0.3 is 49.9 Å². The van der Waals surface area contributed by atoms with Crippen LogP contribution in [0.15, 0.2) is 72.7 Å². The van der Waals surface area contributed by atoms with Crippen LogP contribution in [0.5, 0.6) is 11.5 Å². The number of benzene rings is 2. The summed E-state index contributed by atoms with van der Waals surface area (Å²) in [4.78, 5) is 0. The fourth-order valence-corrected chi connectivity index (χ4v) is 28.5. The highest BCUT2D eigenvalue weighted by molar-refractivity contribution is 6.95. The van der Waals surface area contributed by atoms with E-state index >= 15 is 0 Å². The van der Waals surface area contributed by atoms with Crippen LogP contribution in [0.3, 0.4) is 0 Å². The summed E-state index contributed by atoms with van der Waals surface area (Å²) in [5, 5.41) is 1.68. The molecular weight excluding hydrogens is 663 g/mol. The molecule has 0 N–H and O–H groups in total. The van der Waals surface area contributed by atoms with E-state index in [1.165, 1.54) is 24.3 Å². The summed E-state index contributed by atoms with van der Waals surface area (Å²) in [6.07, 6.45) is -5.07. The maximum absolute atomic E-state index is 13.1. The molecule has 0 atom stereocenters. The molecule has 240 valence electrons. The van der Waals surface area contributed by atoms with Gasteiger partial charge in [0.2, 0.25) is 16.6 Å². The van der Waals surface area contributed by atoms with E-state index in [-0.39, 0.29) is 11.5 Å². The van der Waals surface area contributed by atoms with E-state index < -0.39 is 66.5 Å². The average molecular weight is 701 g/mol. The lowest BCUT2D eigenvalue weighted by atomic mass is 10.3. The molecule has 0 unspecified atom stereocenters. The van der Waals surface area contributed by atoms with Gasteiger partial charge in [0.15, 0.2) is 0 Å². The molecule has 0 aliphatic heterocycles. The number of rotatable bonds is 14. The third-order valence-corrected chi connectivity index (χ3v) is 25.1. The Kier molecular flexibility index (Phi) is 12.1. The third kappa shape index (κ3) is 11.8. The van der Waals surface area contributed by atoms with Crippen LogP contribution in [0.1, 0.15) is 0 Å². The van der Waals surface area contributed by atoms with Gasteiger partial charge in [0.1, 0.15) is 11.5 Å². The van der Waals surface area contributed by atoms with Crippen molar-refractivity contribution in [2.75, 3.05) is 0 Å². The number of hydrogen-bond acceptors (Lipinski definition) is 6. The van der Waals surface area contributed by atoms with Crippen LogP contribution in [0.4, 0.5) is 26.3 Å². The predicted molar refractivity (Wildman–Crippen MR) is 166 cm³/mol. The number of halogens is 6. The molecule has 0 fully saturated rings. The molecule has 0 aliphatic carbocycles. The first-order valence-corrected chi connectivity index (χ1v) is 27.5. The van der Waals surface area contributed by atoms with Crippen LogP contribution in [0.25, 0.3) is 0 Å². The minimum absolute atomic E-state index is 0.0604. The van der Waals surface area contributed by atoms with Gasteiger partial charge in [-0.15, -0.1) is 0 Å². The van der Waals surface area contributed by atoms with Gasteiger partial charge in [0.05, 0.1) is 0 Å². The molecule has 6 nitrogen and oxygen atoms in total. The highest BCUT2D eigenvalue weighted by Gasteiger charge is 2.46. The topological polar surface area (TPSA) is 55.4 Å². The summed E-state index contributed by atoms with van der Waals surface area (Å²) in [6, 6.07) is 8.39. The van der Waals surface area contributed by atoms with Crippen LogP contribution in [-0.2, 0) is 16.5 Å². The van der Waals surface area contributed by atoms with Crippen molar-refractivity contribution in [1.82, 2.24) is 0 Å². The molecule has 0 amide bonds. The van der Waals surface area contributed by atoms with Crippen molar-refractivity contribution in [2.45, 2.75) is 65.5 Å². The zero-order valence-electron chi connectivity index (χ0n) is 25.8. The quantitative estimate of drug-likeness (QED) is 0.113. The Labute approximate surface area is 254 Å². The van der Waals surface area contributed by atoms with Gasteiger partial charge in [0, 0.05) is 0 Å². The van der Waals surface area contributed by atoms with E-state index in [9.17, 15) is 26.3 Å². The van der Waals surface area contributed by atoms with Gasteiger partial charge in [-0.2, -0.15) is 26.3 Å². The summed E-state index contributed by atoms with van der Waals surface area (Å²) >= 11 is 0. The molecule has 0 aromatic heterocycles. The van der Waals surface area contributed by atoms with Crippen LogP contribution >= 0.6 is 0 Å². The Morgan fingerprint density at radius 1 is 0.419 bits per heavy atom. The lowest BCUT2D eigenvalue weighted by Crippen LogP contribution is -2.61. The molecular formula is C26H38F6O6Si5. The fourth-order valence-electron chi connectivity index (χ4n) is 4.73. The molecule has 0 spiro atoms. The number of ether oxygens (including phenoxy) is 2. The van der Waals surface area contributed by atoms with E-state index in [0.29, 0.717) is 0 Å².